The largest absolute Gasteiger partial charge is 0.457 e. The van der Waals surface area contributed by atoms with Crippen molar-refractivity contribution in [1.82, 2.24) is 0 Å². The summed E-state index contributed by atoms with van der Waals surface area (Å²) in [7, 11) is 0. The number of anilines is 1. The van der Waals surface area contributed by atoms with Crippen LogP contribution in [0.1, 0.15) is 0 Å². The van der Waals surface area contributed by atoms with E-state index in [-0.39, 0.29) is 5.63 Å². The van der Waals surface area contributed by atoms with E-state index in [9.17, 15) is 4.79 Å². The Morgan fingerprint density at radius 1 is 0.895 bits per heavy atom. The van der Waals surface area contributed by atoms with Gasteiger partial charge >= 0.3 is 5.63 Å². The lowest BCUT2D eigenvalue weighted by Crippen LogP contribution is -1.94. The minimum absolute atomic E-state index is 0.378. The number of benzene rings is 2. The fourth-order valence-electron chi connectivity index (χ4n) is 1.78. The molecule has 0 saturated carbocycles. The summed E-state index contributed by atoms with van der Waals surface area (Å²) >= 11 is 0. The molecule has 4 heteroatoms. The van der Waals surface area contributed by atoms with E-state index in [0.717, 1.165) is 5.39 Å². The van der Waals surface area contributed by atoms with Crippen molar-refractivity contribution in [3.63, 3.8) is 0 Å². The fourth-order valence-corrected chi connectivity index (χ4v) is 1.78. The standard InChI is InChI=1S/C15H11NO3/c16-11-3-6-12(7-4-11)18-13-5-1-10-2-8-15(17)19-14(10)9-13/h1-9H,16H2. The molecule has 0 amide bonds. The minimum atomic E-state index is -0.378. The molecule has 0 radical (unpaired) electrons. The third-order valence-electron chi connectivity index (χ3n) is 2.71. The van der Waals surface area contributed by atoms with Gasteiger partial charge in [0, 0.05) is 23.2 Å². The van der Waals surface area contributed by atoms with Crippen LogP contribution in [0.3, 0.4) is 0 Å². The third kappa shape index (κ3) is 2.42. The molecule has 2 aromatic carbocycles. The topological polar surface area (TPSA) is 65.5 Å². The molecule has 0 bridgehead atoms. The maximum absolute atomic E-state index is 11.2. The summed E-state index contributed by atoms with van der Waals surface area (Å²) in [5, 5.41) is 0.851. The quantitative estimate of drug-likeness (QED) is 0.562. The Morgan fingerprint density at radius 2 is 1.58 bits per heavy atom. The molecule has 1 aromatic heterocycles. The molecule has 2 N–H and O–H groups in total. The zero-order valence-electron chi connectivity index (χ0n) is 10.00. The van der Waals surface area contributed by atoms with Crippen LogP contribution in [0.15, 0.2) is 63.8 Å². The highest BCUT2D eigenvalue weighted by Crippen LogP contribution is 2.25. The van der Waals surface area contributed by atoms with Crippen LogP contribution < -0.4 is 16.1 Å². The summed E-state index contributed by atoms with van der Waals surface area (Å²) in [6.45, 7) is 0. The zero-order valence-corrected chi connectivity index (χ0v) is 10.00. The maximum Gasteiger partial charge on any atom is 0.336 e. The smallest absolute Gasteiger partial charge is 0.336 e. The van der Waals surface area contributed by atoms with Crippen LogP contribution in [0.4, 0.5) is 5.69 Å². The van der Waals surface area contributed by atoms with Gasteiger partial charge in [-0.25, -0.2) is 4.79 Å². The number of hydrogen-bond acceptors (Lipinski definition) is 4. The van der Waals surface area contributed by atoms with E-state index < -0.39 is 0 Å². The van der Waals surface area contributed by atoms with Crippen molar-refractivity contribution in [2.24, 2.45) is 0 Å². The number of fused-ring (bicyclic) bond motifs is 1. The molecule has 0 fully saturated rings. The minimum Gasteiger partial charge on any atom is -0.457 e. The maximum atomic E-state index is 11.2. The first kappa shape index (κ1) is 11.3. The summed E-state index contributed by atoms with van der Waals surface area (Å²) in [5.41, 5.74) is 6.41. The van der Waals surface area contributed by atoms with Crippen LogP contribution in [-0.2, 0) is 0 Å². The molecule has 0 saturated heterocycles. The van der Waals surface area contributed by atoms with Crippen molar-refractivity contribution in [2.45, 2.75) is 0 Å². The fraction of sp³-hybridized carbons (Fsp3) is 0. The van der Waals surface area contributed by atoms with E-state index in [4.69, 9.17) is 14.9 Å². The molecule has 0 unspecified atom stereocenters. The van der Waals surface area contributed by atoms with Crippen molar-refractivity contribution in [2.75, 3.05) is 5.73 Å². The van der Waals surface area contributed by atoms with Crippen molar-refractivity contribution in [1.29, 1.82) is 0 Å². The lowest BCUT2D eigenvalue weighted by molar-refractivity contribution is 0.480. The molecular formula is C15H11NO3. The van der Waals surface area contributed by atoms with Gasteiger partial charge in [-0.3, -0.25) is 0 Å². The predicted octanol–water partition coefficient (Wildman–Crippen LogP) is 3.17. The van der Waals surface area contributed by atoms with Crippen molar-refractivity contribution < 1.29 is 9.15 Å². The van der Waals surface area contributed by atoms with Gasteiger partial charge in [0.25, 0.3) is 0 Å². The lowest BCUT2D eigenvalue weighted by atomic mass is 10.2. The van der Waals surface area contributed by atoms with Crippen molar-refractivity contribution in [3.05, 3.63) is 65.0 Å². The first-order valence-corrected chi connectivity index (χ1v) is 5.78. The Morgan fingerprint density at radius 3 is 2.37 bits per heavy atom. The Bertz CT molecular complexity index is 775. The van der Waals surface area contributed by atoms with E-state index in [1.807, 2.05) is 12.1 Å². The van der Waals surface area contributed by atoms with Gasteiger partial charge in [0.05, 0.1) is 0 Å². The second-order valence-corrected chi connectivity index (χ2v) is 4.13. The van der Waals surface area contributed by atoms with Crippen LogP contribution in [0.5, 0.6) is 11.5 Å². The van der Waals surface area contributed by atoms with Gasteiger partial charge in [0.15, 0.2) is 0 Å². The summed E-state index contributed by atoms with van der Waals surface area (Å²) in [6, 6.07) is 15.5. The average Bonchev–Trinajstić information content (AvgIpc) is 2.41. The van der Waals surface area contributed by atoms with Crippen LogP contribution in [0.2, 0.25) is 0 Å². The highest BCUT2D eigenvalue weighted by molar-refractivity contribution is 5.77. The molecule has 0 spiro atoms. The monoisotopic (exact) mass is 253 g/mol. The van der Waals surface area contributed by atoms with Crippen molar-refractivity contribution in [3.8, 4) is 11.5 Å². The number of nitrogens with two attached hydrogens (primary N) is 1. The highest BCUT2D eigenvalue weighted by Gasteiger charge is 2.01. The predicted molar refractivity (Wildman–Crippen MR) is 73.4 cm³/mol. The summed E-state index contributed by atoms with van der Waals surface area (Å²) < 4.78 is 10.8. The lowest BCUT2D eigenvalue weighted by Gasteiger charge is -2.06. The first-order chi connectivity index (χ1) is 9.20. The van der Waals surface area contributed by atoms with Crippen LogP contribution in [0.25, 0.3) is 11.0 Å². The number of hydrogen-bond donors (Lipinski definition) is 1. The van der Waals surface area contributed by atoms with Gasteiger partial charge in [0.1, 0.15) is 17.1 Å². The van der Waals surface area contributed by atoms with Crippen molar-refractivity contribution >= 4 is 16.7 Å². The molecule has 4 nitrogen and oxygen atoms in total. The third-order valence-corrected chi connectivity index (χ3v) is 2.71. The van der Waals surface area contributed by atoms with Gasteiger partial charge in [-0.1, -0.05) is 0 Å². The summed E-state index contributed by atoms with van der Waals surface area (Å²) in [6.07, 6.45) is 0. The molecular weight excluding hydrogens is 242 g/mol. The Balaban J connectivity index is 1.96. The second kappa shape index (κ2) is 4.49. The van der Waals surface area contributed by atoms with Gasteiger partial charge in [-0.2, -0.15) is 0 Å². The highest BCUT2D eigenvalue weighted by atomic mass is 16.5. The molecule has 0 aliphatic heterocycles. The van der Waals surface area contributed by atoms with Gasteiger partial charge < -0.3 is 14.9 Å². The molecule has 94 valence electrons. The average molecular weight is 253 g/mol. The number of nitrogen functional groups attached to an aromatic ring is 1. The molecule has 0 aliphatic carbocycles. The molecule has 19 heavy (non-hydrogen) atoms. The van der Waals surface area contributed by atoms with E-state index >= 15 is 0 Å². The molecule has 0 atom stereocenters. The SMILES string of the molecule is Nc1ccc(Oc2ccc3ccc(=O)oc3c2)cc1. The van der Waals surface area contributed by atoms with Crippen LogP contribution >= 0.6 is 0 Å². The van der Waals surface area contributed by atoms with Gasteiger partial charge in [-0.15, -0.1) is 0 Å². The van der Waals surface area contributed by atoms with E-state index in [1.165, 1.54) is 6.07 Å². The second-order valence-electron chi connectivity index (χ2n) is 4.13. The molecule has 3 rings (SSSR count). The van der Waals surface area contributed by atoms with E-state index in [2.05, 4.69) is 0 Å². The Kier molecular flexibility index (Phi) is 2.68. The summed E-state index contributed by atoms with van der Waals surface area (Å²) in [5.74, 6) is 1.28. The molecule has 1 heterocycles. The normalized spacial score (nSPS) is 10.5. The van der Waals surface area contributed by atoms with E-state index in [1.54, 1.807) is 36.4 Å². The van der Waals surface area contributed by atoms with Crippen LogP contribution in [0, 0.1) is 0 Å². The van der Waals surface area contributed by atoms with Gasteiger partial charge in [0.2, 0.25) is 0 Å². The number of ether oxygens (including phenoxy) is 1. The van der Waals surface area contributed by atoms with Gasteiger partial charge in [-0.05, 0) is 42.5 Å². The summed E-state index contributed by atoms with van der Waals surface area (Å²) in [4.78, 5) is 11.2. The zero-order chi connectivity index (χ0) is 13.2. The van der Waals surface area contributed by atoms with E-state index in [0.29, 0.717) is 22.8 Å². The van der Waals surface area contributed by atoms with Crippen LogP contribution in [-0.4, -0.2) is 0 Å². The molecule has 3 aromatic rings. The Hall–Kier alpha value is -2.75. The number of rotatable bonds is 2. The Labute approximate surface area is 109 Å². The molecule has 0 aliphatic rings. The first-order valence-electron chi connectivity index (χ1n) is 5.78.